The van der Waals surface area contributed by atoms with Crippen molar-refractivity contribution in [1.82, 2.24) is 9.78 Å². The predicted molar refractivity (Wildman–Crippen MR) is 47.0 cm³/mol. The van der Waals surface area contributed by atoms with Gasteiger partial charge in [0, 0.05) is 16.1 Å². The summed E-state index contributed by atoms with van der Waals surface area (Å²) in [4.78, 5) is 11.5. The number of rotatable bonds is 4. The van der Waals surface area contributed by atoms with Crippen LogP contribution in [-0.2, 0) is 6.54 Å². The zero-order valence-electron chi connectivity index (χ0n) is 7.64. The number of unbranched alkanes of at least 4 members (excludes halogenated alkanes) is 2. The molecule has 0 fully saturated rings. The van der Waals surface area contributed by atoms with Gasteiger partial charge < -0.3 is 5.21 Å². The van der Waals surface area contributed by atoms with Gasteiger partial charge in [0.1, 0.15) is 6.20 Å². The summed E-state index contributed by atoms with van der Waals surface area (Å²) in [7, 11) is 0. The maximum atomic E-state index is 11.1. The number of nitrogens with zero attached hydrogens (tertiary/aromatic N) is 3. The van der Waals surface area contributed by atoms with E-state index in [4.69, 9.17) is 0 Å². The molecule has 5 nitrogen and oxygen atoms in total. The summed E-state index contributed by atoms with van der Waals surface area (Å²) in [6, 6.07) is 1.29. The average Bonchev–Trinajstić information content (AvgIpc) is 2.10. The maximum absolute atomic E-state index is 11.1. The van der Waals surface area contributed by atoms with Crippen LogP contribution >= 0.6 is 0 Å². The van der Waals surface area contributed by atoms with Gasteiger partial charge in [0.2, 0.25) is 0 Å². The van der Waals surface area contributed by atoms with Gasteiger partial charge in [-0.25, -0.2) is 0 Å². The van der Waals surface area contributed by atoms with E-state index >= 15 is 0 Å². The molecule has 0 saturated heterocycles. The number of aromatic nitrogens is 3. The molecule has 0 aliphatic heterocycles. The molecule has 0 atom stereocenters. The van der Waals surface area contributed by atoms with Crippen molar-refractivity contribution in [3.05, 3.63) is 27.8 Å². The summed E-state index contributed by atoms with van der Waals surface area (Å²) in [5, 5.41) is 14.4. The molecule has 1 rings (SSSR count). The lowest BCUT2D eigenvalue weighted by Gasteiger charge is -2.02. The zero-order chi connectivity index (χ0) is 9.68. The molecule has 1 aromatic heterocycles. The summed E-state index contributed by atoms with van der Waals surface area (Å²) < 4.78 is 1.09. The minimum atomic E-state index is -0.291. The Bertz CT molecular complexity index is 321. The lowest BCUT2D eigenvalue weighted by Crippen LogP contribution is -2.50. The third-order valence-electron chi connectivity index (χ3n) is 1.82. The molecule has 72 valence electrons. The van der Waals surface area contributed by atoms with Crippen molar-refractivity contribution in [2.75, 3.05) is 0 Å². The highest BCUT2D eigenvalue weighted by atomic mass is 16.5. The molecule has 1 aromatic rings. The third-order valence-corrected chi connectivity index (χ3v) is 1.82. The lowest BCUT2D eigenvalue weighted by molar-refractivity contribution is -0.757. The first kappa shape index (κ1) is 9.70. The van der Waals surface area contributed by atoms with Crippen LogP contribution in [0.3, 0.4) is 0 Å². The second kappa shape index (κ2) is 4.59. The highest BCUT2D eigenvalue weighted by Gasteiger charge is 2.04. The highest BCUT2D eigenvalue weighted by Crippen LogP contribution is 1.93. The summed E-state index contributed by atoms with van der Waals surface area (Å²) >= 11 is 0. The molecular formula is C8H13N3O2. The van der Waals surface area contributed by atoms with Crippen molar-refractivity contribution in [3.63, 3.8) is 0 Å². The molecule has 0 aliphatic carbocycles. The molecule has 0 amide bonds. The van der Waals surface area contributed by atoms with Crippen LogP contribution in [0, 0.1) is 5.21 Å². The van der Waals surface area contributed by atoms with Gasteiger partial charge >= 0.3 is 5.56 Å². The van der Waals surface area contributed by atoms with Gasteiger partial charge in [-0.1, -0.05) is 24.4 Å². The first-order chi connectivity index (χ1) is 6.25. The van der Waals surface area contributed by atoms with E-state index in [1.807, 2.05) is 0 Å². The van der Waals surface area contributed by atoms with Crippen LogP contribution in [0.4, 0.5) is 0 Å². The minimum Gasteiger partial charge on any atom is -0.571 e. The van der Waals surface area contributed by atoms with E-state index in [-0.39, 0.29) is 5.56 Å². The van der Waals surface area contributed by atoms with Crippen LogP contribution in [0.2, 0.25) is 0 Å². The standard InChI is InChI=1S/C8H13N3O2/c1-2-3-4-7-10-8(12)5-6-9-11(10)13/h5-6H,2-4,7H2,1H3. The van der Waals surface area contributed by atoms with Gasteiger partial charge in [-0.2, -0.15) is 0 Å². The lowest BCUT2D eigenvalue weighted by atomic mass is 10.2. The Morgan fingerprint density at radius 1 is 1.62 bits per heavy atom. The van der Waals surface area contributed by atoms with Gasteiger partial charge in [-0.3, -0.25) is 4.79 Å². The molecule has 0 N–H and O–H groups in total. The number of hydrogen-bond donors (Lipinski definition) is 0. The Morgan fingerprint density at radius 2 is 2.38 bits per heavy atom. The van der Waals surface area contributed by atoms with Gasteiger partial charge in [-0.05, 0) is 6.42 Å². The van der Waals surface area contributed by atoms with Crippen LogP contribution < -0.4 is 10.5 Å². The van der Waals surface area contributed by atoms with E-state index < -0.39 is 0 Å². The van der Waals surface area contributed by atoms with Gasteiger partial charge in [0.15, 0.2) is 0 Å². The maximum Gasteiger partial charge on any atom is 0.306 e. The van der Waals surface area contributed by atoms with Crippen LogP contribution in [0.5, 0.6) is 0 Å². The largest absolute Gasteiger partial charge is 0.571 e. The fraction of sp³-hybridized carbons (Fsp3) is 0.625. The van der Waals surface area contributed by atoms with Gasteiger partial charge in [0.25, 0.3) is 0 Å². The van der Waals surface area contributed by atoms with E-state index in [1.54, 1.807) is 0 Å². The third kappa shape index (κ3) is 2.54. The molecule has 5 heteroatoms. The Labute approximate surface area is 76.2 Å². The molecule has 0 radical (unpaired) electrons. The Hall–Kier alpha value is -1.39. The smallest absolute Gasteiger partial charge is 0.306 e. The number of hydrogen-bond acceptors (Lipinski definition) is 3. The SMILES string of the molecule is CCCCCn1c(=O)ccn[n+]1[O-]. The molecule has 0 saturated carbocycles. The predicted octanol–water partition coefficient (Wildman–Crippen LogP) is 0.0669. The van der Waals surface area contributed by atoms with E-state index in [0.717, 1.165) is 23.9 Å². The van der Waals surface area contributed by atoms with E-state index in [9.17, 15) is 10.0 Å². The van der Waals surface area contributed by atoms with Crippen molar-refractivity contribution in [1.29, 1.82) is 0 Å². The molecule has 0 unspecified atom stereocenters. The average molecular weight is 183 g/mol. The van der Waals surface area contributed by atoms with Gasteiger partial charge in [-0.15, -0.1) is 0 Å². The normalized spacial score (nSPS) is 10.2. The van der Waals surface area contributed by atoms with Gasteiger partial charge in [0.05, 0.1) is 6.54 Å². The first-order valence-corrected chi connectivity index (χ1v) is 4.41. The fourth-order valence-electron chi connectivity index (χ4n) is 1.09. The van der Waals surface area contributed by atoms with Crippen molar-refractivity contribution < 1.29 is 4.96 Å². The van der Waals surface area contributed by atoms with Crippen LogP contribution in [0.15, 0.2) is 17.1 Å². The Kier molecular flexibility index (Phi) is 3.42. The van der Waals surface area contributed by atoms with Crippen LogP contribution in [0.1, 0.15) is 26.2 Å². The summed E-state index contributed by atoms with van der Waals surface area (Å²) in [6.07, 6.45) is 4.13. The second-order valence-electron chi connectivity index (χ2n) is 2.85. The van der Waals surface area contributed by atoms with E-state index in [1.165, 1.54) is 12.3 Å². The summed E-state index contributed by atoms with van der Waals surface area (Å²) in [6.45, 7) is 2.52. The first-order valence-electron chi connectivity index (χ1n) is 4.41. The highest BCUT2D eigenvalue weighted by molar-refractivity contribution is 4.74. The molecular weight excluding hydrogens is 170 g/mol. The molecule has 1 heterocycles. The summed E-state index contributed by atoms with van der Waals surface area (Å²) in [5.41, 5.74) is -0.291. The Balaban J connectivity index is 2.70. The van der Waals surface area contributed by atoms with E-state index in [2.05, 4.69) is 12.0 Å². The fourth-order valence-corrected chi connectivity index (χ4v) is 1.09. The zero-order valence-corrected chi connectivity index (χ0v) is 7.64. The molecule has 0 spiro atoms. The molecule has 13 heavy (non-hydrogen) atoms. The van der Waals surface area contributed by atoms with Crippen molar-refractivity contribution in [3.8, 4) is 0 Å². The minimum absolute atomic E-state index is 0.291. The molecule has 0 aliphatic rings. The quantitative estimate of drug-likeness (QED) is 0.377. The van der Waals surface area contributed by atoms with Crippen molar-refractivity contribution in [2.24, 2.45) is 0 Å². The van der Waals surface area contributed by atoms with Crippen LogP contribution in [0.25, 0.3) is 0 Å². The molecule has 0 aromatic carbocycles. The topological polar surface area (TPSA) is 61.8 Å². The molecule has 0 bridgehead atoms. The van der Waals surface area contributed by atoms with Crippen molar-refractivity contribution >= 4 is 0 Å². The van der Waals surface area contributed by atoms with Crippen LogP contribution in [-0.4, -0.2) is 9.78 Å². The van der Waals surface area contributed by atoms with Crippen molar-refractivity contribution in [2.45, 2.75) is 32.7 Å². The Morgan fingerprint density at radius 3 is 3.00 bits per heavy atom. The monoisotopic (exact) mass is 183 g/mol. The van der Waals surface area contributed by atoms with E-state index in [0.29, 0.717) is 11.5 Å². The second-order valence-corrected chi connectivity index (χ2v) is 2.85. The summed E-state index contributed by atoms with van der Waals surface area (Å²) in [5.74, 6) is 0.